The van der Waals surface area contributed by atoms with Crippen LogP contribution in [0.3, 0.4) is 0 Å². The second-order valence-electron chi connectivity index (χ2n) is 4.25. The fourth-order valence-electron chi connectivity index (χ4n) is 1.58. The Labute approximate surface area is 134 Å². The largest absolute Gasteiger partial charge is 0.346 e. The molecule has 2 aromatic rings. The Morgan fingerprint density at radius 2 is 2.14 bits per heavy atom. The predicted molar refractivity (Wildman–Crippen MR) is 83.8 cm³/mol. The first-order valence-electron chi connectivity index (χ1n) is 5.97. The summed E-state index contributed by atoms with van der Waals surface area (Å²) >= 11 is 1.96. The summed E-state index contributed by atoms with van der Waals surface area (Å²) in [4.78, 5) is 30.5. The molecule has 0 bridgehead atoms. The number of halogens is 1. The van der Waals surface area contributed by atoms with Gasteiger partial charge in [-0.3, -0.25) is 24.9 Å². The molecule has 1 aromatic carbocycles. The van der Waals surface area contributed by atoms with E-state index >= 15 is 0 Å². The van der Waals surface area contributed by atoms with Crippen LogP contribution < -0.4 is 5.32 Å². The third-order valence-corrected chi connectivity index (χ3v) is 3.61. The van der Waals surface area contributed by atoms with Crippen molar-refractivity contribution in [2.75, 3.05) is 0 Å². The molecule has 7 nitrogen and oxygen atoms in total. The molecule has 0 aliphatic carbocycles. The van der Waals surface area contributed by atoms with Crippen LogP contribution in [-0.2, 0) is 6.54 Å². The molecule has 0 saturated heterocycles. The number of aryl methyl sites for hydroxylation is 1. The number of hydrogen-bond donors (Lipinski definition) is 1. The Morgan fingerprint density at radius 3 is 2.76 bits per heavy atom. The fourth-order valence-corrected chi connectivity index (χ4v) is 2.16. The fraction of sp³-hybridized carbons (Fsp3) is 0.154. The zero-order valence-corrected chi connectivity index (χ0v) is 13.2. The SMILES string of the molecule is Cc1cnc(CNC(=O)c2cc([N+](=O)[O-])ccc2I)cn1. The second-order valence-corrected chi connectivity index (χ2v) is 5.42. The molecule has 1 N–H and O–H groups in total. The summed E-state index contributed by atoms with van der Waals surface area (Å²) in [5.74, 6) is -0.384. The summed E-state index contributed by atoms with van der Waals surface area (Å²) in [6.45, 7) is 2.03. The summed E-state index contributed by atoms with van der Waals surface area (Å²) in [5, 5.41) is 13.4. The summed E-state index contributed by atoms with van der Waals surface area (Å²) in [6.07, 6.45) is 3.19. The highest BCUT2D eigenvalue weighted by Crippen LogP contribution is 2.19. The van der Waals surface area contributed by atoms with Crippen molar-refractivity contribution in [1.82, 2.24) is 15.3 Å². The van der Waals surface area contributed by atoms with Crippen molar-refractivity contribution in [3.63, 3.8) is 0 Å². The molecular formula is C13H11IN4O3. The van der Waals surface area contributed by atoms with Crippen molar-refractivity contribution >= 4 is 34.2 Å². The predicted octanol–water partition coefficient (Wildman–Crippen LogP) is 2.23. The number of nitro groups is 1. The Morgan fingerprint density at radius 1 is 1.38 bits per heavy atom. The van der Waals surface area contributed by atoms with E-state index in [-0.39, 0.29) is 23.7 Å². The third-order valence-electron chi connectivity index (χ3n) is 2.67. The van der Waals surface area contributed by atoms with Crippen molar-refractivity contribution in [2.24, 2.45) is 0 Å². The topological polar surface area (TPSA) is 98.0 Å². The van der Waals surface area contributed by atoms with E-state index in [1.54, 1.807) is 18.5 Å². The highest BCUT2D eigenvalue weighted by Gasteiger charge is 2.15. The number of amides is 1. The number of carbonyl (C=O) groups is 1. The molecule has 0 aliphatic rings. The number of non-ortho nitro benzene ring substituents is 1. The first kappa shape index (κ1) is 15.3. The molecule has 1 heterocycles. The smallest absolute Gasteiger partial charge is 0.270 e. The Hall–Kier alpha value is -2.10. The zero-order chi connectivity index (χ0) is 15.4. The van der Waals surface area contributed by atoms with E-state index in [0.717, 1.165) is 5.69 Å². The van der Waals surface area contributed by atoms with Crippen LogP contribution in [0.1, 0.15) is 21.7 Å². The van der Waals surface area contributed by atoms with Crippen molar-refractivity contribution in [3.8, 4) is 0 Å². The van der Waals surface area contributed by atoms with Crippen LogP contribution in [0.2, 0.25) is 0 Å². The molecule has 0 unspecified atom stereocenters. The van der Waals surface area contributed by atoms with E-state index < -0.39 is 4.92 Å². The third kappa shape index (κ3) is 3.94. The van der Waals surface area contributed by atoms with Gasteiger partial charge in [-0.25, -0.2) is 0 Å². The minimum atomic E-state index is -0.529. The van der Waals surface area contributed by atoms with Gasteiger partial charge in [0, 0.05) is 21.9 Å². The average molecular weight is 398 g/mol. The van der Waals surface area contributed by atoms with Crippen LogP contribution in [0.5, 0.6) is 0 Å². The lowest BCUT2D eigenvalue weighted by atomic mass is 10.2. The van der Waals surface area contributed by atoms with Gasteiger partial charge in [-0.1, -0.05) is 0 Å². The van der Waals surface area contributed by atoms with Crippen molar-refractivity contribution in [2.45, 2.75) is 13.5 Å². The van der Waals surface area contributed by atoms with Gasteiger partial charge in [0.2, 0.25) is 0 Å². The van der Waals surface area contributed by atoms with Crippen LogP contribution in [0.4, 0.5) is 5.69 Å². The van der Waals surface area contributed by atoms with E-state index in [4.69, 9.17) is 0 Å². The van der Waals surface area contributed by atoms with Gasteiger partial charge in [0.15, 0.2) is 0 Å². The van der Waals surface area contributed by atoms with Gasteiger partial charge >= 0.3 is 0 Å². The second kappa shape index (κ2) is 6.57. The molecule has 0 spiro atoms. The number of nitrogens with one attached hydrogen (secondary N) is 1. The Kier molecular flexibility index (Phi) is 4.78. The van der Waals surface area contributed by atoms with Crippen molar-refractivity contribution < 1.29 is 9.72 Å². The normalized spacial score (nSPS) is 10.2. The van der Waals surface area contributed by atoms with Crippen molar-refractivity contribution in [1.29, 1.82) is 0 Å². The first-order valence-corrected chi connectivity index (χ1v) is 7.05. The van der Waals surface area contributed by atoms with Gasteiger partial charge in [-0.05, 0) is 35.6 Å². The molecule has 0 radical (unpaired) electrons. The van der Waals surface area contributed by atoms with E-state index in [1.807, 2.05) is 29.5 Å². The number of nitro benzene ring substituents is 1. The van der Waals surface area contributed by atoms with Crippen molar-refractivity contribution in [3.05, 3.63) is 61.2 Å². The molecule has 0 atom stereocenters. The molecule has 2 rings (SSSR count). The quantitative estimate of drug-likeness (QED) is 0.484. The minimum absolute atomic E-state index is 0.115. The van der Waals surface area contributed by atoms with Gasteiger partial charge in [-0.2, -0.15) is 0 Å². The average Bonchev–Trinajstić information content (AvgIpc) is 2.46. The lowest BCUT2D eigenvalue weighted by Gasteiger charge is -2.06. The maximum Gasteiger partial charge on any atom is 0.270 e. The number of rotatable bonds is 4. The number of aromatic nitrogens is 2. The molecule has 1 amide bonds. The molecule has 0 aliphatic heterocycles. The van der Waals surface area contributed by atoms with E-state index in [9.17, 15) is 14.9 Å². The molecule has 8 heteroatoms. The zero-order valence-electron chi connectivity index (χ0n) is 11.0. The molecule has 108 valence electrons. The lowest BCUT2D eigenvalue weighted by molar-refractivity contribution is -0.384. The van der Waals surface area contributed by atoms with Crippen LogP contribution in [0.25, 0.3) is 0 Å². The van der Waals surface area contributed by atoms with E-state index in [1.165, 1.54) is 12.1 Å². The number of benzene rings is 1. The summed E-state index contributed by atoms with van der Waals surface area (Å²) in [6, 6.07) is 4.17. The van der Waals surface area contributed by atoms with Gasteiger partial charge in [0.05, 0.1) is 34.6 Å². The number of nitrogens with zero attached hydrogens (tertiary/aromatic N) is 3. The van der Waals surface area contributed by atoms with E-state index in [2.05, 4.69) is 15.3 Å². The first-order chi connectivity index (χ1) is 9.97. The lowest BCUT2D eigenvalue weighted by Crippen LogP contribution is -2.24. The van der Waals surface area contributed by atoms with Crippen LogP contribution in [0, 0.1) is 20.6 Å². The number of carbonyl (C=O) groups excluding carboxylic acids is 1. The monoisotopic (exact) mass is 398 g/mol. The van der Waals surface area contributed by atoms with E-state index in [0.29, 0.717) is 9.26 Å². The molecular weight excluding hydrogens is 387 g/mol. The summed E-state index contributed by atoms with van der Waals surface area (Å²) in [7, 11) is 0. The maximum absolute atomic E-state index is 12.1. The Bertz CT molecular complexity index is 688. The standard InChI is InChI=1S/C13H11IN4O3/c1-8-5-16-9(6-15-8)7-17-13(19)11-4-10(18(20)21)2-3-12(11)14/h2-6H,7H2,1H3,(H,17,19). The van der Waals surface area contributed by atoms with Gasteiger partial charge in [-0.15, -0.1) is 0 Å². The molecule has 1 aromatic heterocycles. The van der Waals surface area contributed by atoms with Gasteiger partial charge < -0.3 is 5.32 Å². The Balaban J connectivity index is 2.11. The van der Waals surface area contributed by atoms with Crippen LogP contribution >= 0.6 is 22.6 Å². The maximum atomic E-state index is 12.1. The summed E-state index contributed by atoms with van der Waals surface area (Å²) < 4.78 is 0.644. The molecule has 21 heavy (non-hydrogen) atoms. The molecule has 0 fully saturated rings. The number of hydrogen-bond acceptors (Lipinski definition) is 5. The van der Waals surface area contributed by atoms with Gasteiger partial charge in [0.1, 0.15) is 0 Å². The highest BCUT2D eigenvalue weighted by atomic mass is 127. The van der Waals surface area contributed by atoms with Crippen LogP contribution in [0.15, 0.2) is 30.6 Å². The molecule has 0 saturated carbocycles. The highest BCUT2D eigenvalue weighted by molar-refractivity contribution is 14.1. The minimum Gasteiger partial charge on any atom is -0.346 e. The van der Waals surface area contributed by atoms with Gasteiger partial charge in [0.25, 0.3) is 11.6 Å². The van der Waals surface area contributed by atoms with Crippen LogP contribution in [-0.4, -0.2) is 20.8 Å². The summed E-state index contributed by atoms with van der Waals surface area (Å²) in [5.41, 5.74) is 1.56.